The van der Waals surface area contributed by atoms with Crippen LogP contribution in [-0.4, -0.2) is 32.1 Å². The van der Waals surface area contributed by atoms with Crippen molar-refractivity contribution in [3.05, 3.63) is 60.2 Å². The van der Waals surface area contributed by atoms with E-state index in [1.54, 1.807) is 0 Å². The molecule has 2 aromatic rings. The molecule has 0 amide bonds. The second kappa shape index (κ2) is 6.86. The van der Waals surface area contributed by atoms with Crippen LogP contribution in [-0.2, 0) is 16.4 Å². The van der Waals surface area contributed by atoms with Crippen molar-refractivity contribution in [2.24, 2.45) is 0 Å². The van der Waals surface area contributed by atoms with Gasteiger partial charge in [0.1, 0.15) is 0 Å². The Balaban J connectivity index is 1.98. The number of sulfonamides is 1. The molecule has 0 bridgehead atoms. The highest BCUT2D eigenvalue weighted by Gasteiger charge is 2.16. The third-order valence-corrected chi connectivity index (χ3v) is 4.51. The molecule has 0 saturated heterocycles. The van der Waals surface area contributed by atoms with Gasteiger partial charge in [-0.2, -0.15) is 0 Å². The van der Waals surface area contributed by atoms with Crippen LogP contribution in [0.3, 0.4) is 0 Å². The van der Waals surface area contributed by atoms with Gasteiger partial charge in [0.25, 0.3) is 0 Å². The summed E-state index contributed by atoms with van der Waals surface area (Å²) in [5.41, 5.74) is 1.30. The lowest BCUT2D eigenvalue weighted by Gasteiger charge is -2.07. The minimum Gasteiger partial charge on any atom is -0.423 e. The van der Waals surface area contributed by atoms with E-state index in [-0.39, 0.29) is 10.4 Å². The monoisotopic (exact) mass is 305 g/mol. The Morgan fingerprint density at radius 2 is 1.57 bits per heavy atom. The van der Waals surface area contributed by atoms with Gasteiger partial charge in [-0.15, -0.1) is 0 Å². The minimum absolute atomic E-state index is 0.0972. The molecular weight excluding hydrogens is 289 g/mol. The van der Waals surface area contributed by atoms with Crippen LogP contribution in [0.15, 0.2) is 59.5 Å². The smallest absolute Gasteiger partial charge is 0.423 e. The average molecular weight is 305 g/mol. The van der Waals surface area contributed by atoms with Crippen molar-refractivity contribution in [2.75, 3.05) is 6.54 Å². The molecule has 0 radical (unpaired) electrons. The molecule has 7 heteroatoms. The van der Waals surface area contributed by atoms with E-state index in [9.17, 15) is 8.42 Å². The Labute approximate surface area is 124 Å². The first-order valence-corrected chi connectivity index (χ1v) is 7.97. The summed E-state index contributed by atoms with van der Waals surface area (Å²) in [6.45, 7) is 0.302. The second-order valence-electron chi connectivity index (χ2n) is 4.58. The first kappa shape index (κ1) is 15.7. The first-order valence-electron chi connectivity index (χ1n) is 6.49. The SMILES string of the molecule is O=S(=O)(NCCc1ccccc1)c1ccc(B(O)O)cc1. The van der Waals surface area contributed by atoms with E-state index in [2.05, 4.69) is 4.72 Å². The molecule has 0 aromatic heterocycles. The summed E-state index contributed by atoms with van der Waals surface area (Å²) >= 11 is 0. The third kappa shape index (κ3) is 4.40. The summed E-state index contributed by atoms with van der Waals surface area (Å²) in [6.07, 6.45) is 0.605. The summed E-state index contributed by atoms with van der Waals surface area (Å²) in [7, 11) is -5.19. The van der Waals surface area contributed by atoms with Crippen molar-refractivity contribution in [3.63, 3.8) is 0 Å². The van der Waals surface area contributed by atoms with E-state index in [0.29, 0.717) is 13.0 Å². The van der Waals surface area contributed by atoms with Crippen molar-refractivity contribution in [2.45, 2.75) is 11.3 Å². The molecular formula is C14H16BNO4S. The molecule has 110 valence electrons. The Hall–Kier alpha value is -1.67. The summed E-state index contributed by atoms with van der Waals surface area (Å²) in [4.78, 5) is 0.0972. The minimum atomic E-state index is -3.59. The van der Waals surface area contributed by atoms with E-state index in [4.69, 9.17) is 10.0 Å². The molecule has 21 heavy (non-hydrogen) atoms. The maximum absolute atomic E-state index is 12.1. The molecule has 2 aromatic carbocycles. The van der Waals surface area contributed by atoms with Crippen molar-refractivity contribution in [1.82, 2.24) is 4.72 Å². The Morgan fingerprint density at radius 3 is 2.14 bits per heavy atom. The molecule has 0 heterocycles. The summed E-state index contributed by atoms with van der Waals surface area (Å²) in [5.74, 6) is 0. The molecule has 0 aliphatic rings. The average Bonchev–Trinajstić information content (AvgIpc) is 2.48. The number of benzene rings is 2. The fourth-order valence-corrected chi connectivity index (χ4v) is 2.91. The van der Waals surface area contributed by atoms with Crippen molar-refractivity contribution < 1.29 is 18.5 Å². The Bertz CT molecular complexity index is 672. The molecule has 0 aliphatic heterocycles. The quantitative estimate of drug-likeness (QED) is 0.650. The second-order valence-corrected chi connectivity index (χ2v) is 6.34. The van der Waals surface area contributed by atoms with Crippen LogP contribution in [0.4, 0.5) is 0 Å². The van der Waals surface area contributed by atoms with Crippen LogP contribution in [0, 0.1) is 0 Å². The van der Waals surface area contributed by atoms with Crippen LogP contribution in [0.2, 0.25) is 0 Å². The zero-order valence-electron chi connectivity index (χ0n) is 11.3. The normalized spacial score (nSPS) is 11.3. The lowest BCUT2D eigenvalue weighted by molar-refractivity contribution is 0.425. The molecule has 0 atom stereocenters. The van der Waals surface area contributed by atoms with E-state index >= 15 is 0 Å². The van der Waals surface area contributed by atoms with Crippen molar-refractivity contribution in [1.29, 1.82) is 0 Å². The van der Waals surface area contributed by atoms with Gasteiger partial charge >= 0.3 is 7.12 Å². The molecule has 0 spiro atoms. The zero-order chi connectivity index (χ0) is 15.3. The number of hydrogen-bond acceptors (Lipinski definition) is 4. The van der Waals surface area contributed by atoms with Crippen LogP contribution in [0.5, 0.6) is 0 Å². The summed E-state index contributed by atoms with van der Waals surface area (Å²) < 4.78 is 26.7. The molecule has 0 aliphatic carbocycles. The van der Waals surface area contributed by atoms with E-state index in [1.807, 2.05) is 30.3 Å². The van der Waals surface area contributed by atoms with Gasteiger partial charge in [0.2, 0.25) is 10.0 Å². The van der Waals surface area contributed by atoms with Gasteiger partial charge in [-0.25, -0.2) is 13.1 Å². The van der Waals surface area contributed by atoms with Gasteiger partial charge in [-0.3, -0.25) is 0 Å². The van der Waals surface area contributed by atoms with Gasteiger partial charge in [0.05, 0.1) is 4.90 Å². The van der Waals surface area contributed by atoms with Crippen LogP contribution < -0.4 is 10.2 Å². The molecule has 2 rings (SSSR count). The van der Waals surface area contributed by atoms with Gasteiger partial charge < -0.3 is 10.0 Å². The highest BCUT2D eigenvalue weighted by molar-refractivity contribution is 7.89. The molecule has 0 unspecified atom stereocenters. The first-order chi connectivity index (χ1) is 9.99. The van der Waals surface area contributed by atoms with Gasteiger partial charge in [0.15, 0.2) is 0 Å². The molecule has 0 fully saturated rings. The predicted octanol–water partition coefficient (Wildman–Crippen LogP) is -0.113. The predicted molar refractivity (Wildman–Crippen MR) is 81.6 cm³/mol. The van der Waals surface area contributed by atoms with E-state index in [1.165, 1.54) is 24.3 Å². The van der Waals surface area contributed by atoms with E-state index in [0.717, 1.165) is 5.56 Å². The lowest BCUT2D eigenvalue weighted by Crippen LogP contribution is -2.30. The third-order valence-electron chi connectivity index (χ3n) is 3.04. The Morgan fingerprint density at radius 1 is 0.952 bits per heavy atom. The topological polar surface area (TPSA) is 86.6 Å². The number of nitrogens with one attached hydrogen (secondary N) is 1. The Kier molecular flexibility index (Phi) is 5.14. The van der Waals surface area contributed by atoms with E-state index < -0.39 is 17.1 Å². The van der Waals surface area contributed by atoms with Gasteiger partial charge in [-0.05, 0) is 29.6 Å². The van der Waals surface area contributed by atoms with Gasteiger partial charge in [-0.1, -0.05) is 42.5 Å². The fourth-order valence-electron chi connectivity index (χ4n) is 1.88. The lowest BCUT2D eigenvalue weighted by atomic mass is 9.81. The zero-order valence-corrected chi connectivity index (χ0v) is 12.1. The number of hydrogen-bond donors (Lipinski definition) is 3. The summed E-state index contributed by atoms with van der Waals surface area (Å²) in [6, 6.07) is 15.0. The fraction of sp³-hybridized carbons (Fsp3) is 0.143. The maximum atomic E-state index is 12.1. The summed E-state index contributed by atoms with van der Waals surface area (Å²) in [5, 5.41) is 18.0. The maximum Gasteiger partial charge on any atom is 0.488 e. The standard InChI is InChI=1S/C14H16BNO4S/c17-15(18)13-6-8-14(9-7-13)21(19,20)16-11-10-12-4-2-1-3-5-12/h1-9,16-18H,10-11H2. The molecule has 0 saturated carbocycles. The van der Waals surface area contributed by atoms with Crippen LogP contribution in [0.1, 0.15) is 5.56 Å². The van der Waals surface area contributed by atoms with Crippen molar-refractivity contribution >= 4 is 22.6 Å². The molecule has 5 nitrogen and oxygen atoms in total. The van der Waals surface area contributed by atoms with Crippen LogP contribution >= 0.6 is 0 Å². The number of rotatable bonds is 6. The van der Waals surface area contributed by atoms with Gasteiger partial charge in [0, 0.05) is 6.54 Å². The van der Waals surface area contributed by atoms with Crippen LogP contribution in [0.25, 0.3) is 0 Å². The largest absolute Gasteiger partial charge is 0.488 e. The highest BCUT2D eigenvalue weighted by Crippen LogP contribution is 2.07. The molecule has 3 N–H and O–H groups in total. The van der Waals surface area contributed by atoms with Crippen molar-refractivity contribution in [3.8, 4) is 0 Å². The highest BCUT2D eigenvalue weighted by atomic mass is 32.2.